The molecule has 1 heterocycles. The Morgan fingerprint density at radius 2 is 1.13 bits per heavy atom. The van der Waals surface area contributed by atoms with Crippen LogP contribution < -0.4 is 0 Å². The van der Waals surface area contributed by atoms with Gasteiger partial charge in [0, 0.05) is 17.3 Å². The van der Waals surface area contributed by atoms with Crippen LogP contribution in [0.1, 0.15) is 84.6 Å². The lowest BCUT2D eigenvalue weighted by atomic mass is 9.79. The lowest BCUT2D eigenvalue weighted by molar-refractivity contribution is 0.568. The van der Waals surface area contributed by atoms with Crippen molar-refractivity contribution in [1.29, 1.82) is 0 Å². The van der Waals surface area contributed by atoms with E-state index in [4.69, 9.17) is 9.98 Å². The van der Waals surface area contributed by atoms with Crippen LogP contribution in [-0.4, -0.2) is 11.2 Å². The lowest BCUT2D eigenvalue weighted by Gasteiger charge is -2.25. The first-order chi connectivity index (χ1) is 22.2. The fourth-order valence-corrected chi connectivity index (χ4v) is 6.83. The van der Waals surface area contributed by atoms with Crippen LogP contribution >= 0.6 is 11.3 Å². The first kappa shape index (κ1) is 32.6. The van der Waals surface area contributed by atoms with E-state index in [1.165, 1.54) is 38.1 Å². The van der Waals surface area contributed by atoms with Crippen LogP contribution in [0, 0.1) is 0 Å². The number of hydrogen-bond donors (Lipinski definition) is 0. The molecule has 238 valence electrons. The van der Waals surface area contributed by atoms with E-state index in [2.05, 4.69) is 172 Å². The molecule has 0 bridgehead atoms. The van der Waals surface area contributed by atoms with Gasteiger partial charge in [-0.05, 0) is 85.5 Å². The number of thiazole rings is 1. The van der Waals surface area contributed by atoms with Crippen LogP contribution in [0.25, 0.3) is 43.0 Å². The third-order valence-electron chi connectivity index (χ3n) is 8.85. The van der Waals surface area contributed by atoms with Crippen molar-refractivity contribution in [3.63, 3.8) is 0 Å². The third-order valence-corrected chi connectivity index (χ3v) is 9.91. The molecule has 3 heteroatoms. The van der Waals surface area contributed by atoms with Gasteiger partial charge >= 0.3 is 0 Å². The molecule has 0 atom stereocenters. The molecule has 0 aliphatic carbocycles. The highest BCUT2D eigenvalue weighted by molar-refractivity contribution is 7.21. The van der Waals surface area contributed by atoms with Gasteiger partial charge < -0.3 is 0 Å². The van der Waals surface area contributed by atoms with E-state index >= 15 is 0 Å². The summed E-state index contributed by atoms with van der Waals surface area (Å²) in [6, 6.07) is 39.5. The van der Waals surface area contributed by atoms with Gasteiger partial charge in [-0.1, -0.05) is 141 Å². The van der Waals surface area contributed by atoms with Crippen molar-refractivity contribution in [2.75, 3.05) is 0 Å². The van der Waals surface area contributed by atoms with Gasteiger partial charge in [0.15, 0.2) is 0 Å². The van der Waals surface area contributed by atoms with Gasteiger partial charge in [0.25, 0.3) is 0 Å². The summed E-state index contributed by atoms with van der Waals surface area (Å²) in [5, 5.41) is 0.981. The largest absolute Gasteiger partial charge is 0.256 e. The van der Waals surface area contributed by atoms with Crippen LogP contribution in [0.3, 0.4) is 0 Å². The van der Waals surface area contributed by atoms with Gasteiger partial charge in [-0.25, -0.2) is 4.98 Å². The molecule has 6 rings (SSSR count). The van der Waals surface area contributed by atoms with E-state index in [9.17, 15) is 0 Å². The number of hydrogen-bond acceptors (Lipinski definition) is 3. The summed E-state index contributed by atoms with van der Waals surface area (Å²) in [5.74, 6) is 0. The van der Waals surface area contributed by atoms with E-state index in [1.54, 1.807) is 11.3 Å². The second-order valence-electron chi connectivity index (χ2n) is 15.7. The van der Waals surface area contributed by atoms with Crippen molar-refractivity contribution >= 4 is 33.5 Å². The van der Waals surface area contributed by atoms with Crippen molar-refractivity contribution in [1.82, 2.24) is 4.98 Å². The summed E-state index contributed by atoms with van der Waals surface area (Å²) in [7, 11) is 0. The number of fused-ring (bicyclic) bond motifs is 1. The maximum atomic E-state index is 5.23. The van der Waals surface area contributed by atoms with Crippen LogP contribution in [-0.2, 0) is 16.2 Å². The molecule has 0 saturated heterocycles. The summed E-state index contributed by atoms with van der Waals surface area (Å²) < 4.78 is 1.17. The van der Waals surface area contributed by atoms with E-state index in [-0.39, 0.29) is 16.2 Å². The lowest BCUT2D eigenvalue weighted by Crippen LogP contribution is -2.17. The number of nitrogens with zero attached hydrogens (tertiary/aromatic N) is 2. The molecule has 0 fully saturated rings. The average molecular weight is 635 g/mol. The highest BCUT2D eigenvalue weighted by Gasteiger charge is 2.21. The van der Waals surface area contributed by atoms with Crippen molar-refractivity contribution in [2.45, 2.75) is 78.6 Å². The quantitative estimate of drug-likeness (QED) is 0.173. The van der Waals surface area contributed by atoms with Gasteiger partial charge in [0.1, 0.15) is 5.01 Å². The number of benzene rings is 5. The van der Waals surface area contributed by atoms with Crippen molar-refractivity contribution in [2.24, 2.45) is 4.99 Å². The fourth-order valence-electron chi connectivity index (χ4n) is 5.81. The Hall–Kier alpha value is -4.34. The summed E-state index contributed by atoms with van der Waals surface area (Å²) in [6.45, 7) is 20.4. The first-order valence-electron chi connectivity index (χ1n) is 16.6. The average Bonchev–Trinajstić information content (AvgIpc) is 3.47. The normalized spacial score (nSPS) is 12.7. The summed E-state index contributed by atoms with van der Waals surface area (Å²) in [5.41, 5.74) is 13.1. The molecule has 0 unspecified atom stereocenters. The standard InChI is InChI=1S/C44H46N2S/c1-42(2,3)33-15-12-14-32(26-33)30-20-22-31(23-21-30)36-17-13-19-39-40(36)46-41(47-39)37-16-10-11-18-38(37)45-28-29-24-34(43(4,5)6)27-35(25-29)44(7,8)9/h10-28H,1-9H3. The van der Waals surface area contributed by atoms with E-state index in [0.717, 1.165) is 32.9 Å². The van der Waals surface area contributed by atoms with Gasteiger partial charge in [-0.15, -0.1) is 11.3 Å². The van der Waals surface area contributed by atoms with Crippen LogP contribution in [0.15, 0.2) is 114 Å². The maximum Gasteiger partial charge on any atom is 0.126 e. The molecule has 0 amide bonds. The van der Waals surface area contributed by atoms with Crippen molar-refractivity contribution < 1.29 is 0 Å². The number of para-hydroxylation sites is 2. The minimum absolute atomic E-state index is 0.0537. The molecule has 0 aliphatic heterocycles. The van der Waals surface area contributed by atoms with E-state index < -0.39 is 0 Å². The topological polar surface area (TPSA) is 25.2 Å². The maximum absolute atomic E-state index is 5.23. The Balaban J connectivity index is 1.34. The molecule has 6 aromatic rings. The first-order valence-corrected chi connectivity index (χ1v) is 17.4. The van der Waals surface area contributed by atoms with Crippen LogP contribution in [0.2, 0.25) is 0 Å². The zero-order valence-electron chi connectivity index (χ0n) is 29.3. The molecule has 0 radical (unpaired) electrons. The highest BCUT2D eigenvalue weighted by atomic mass is 32.1. The molecule has 5 aromatic carbocycles. The van der Waals surface area contributed by atoms with Gasteiger partial charge in [0.05, 0.1) is 15.9 Å². The minimum atomic E-state index is 0.0537. The Morgan fingerprint density at radius 1 is 0.532 bits per heavy atom. The fraction of sp³-hybridized carbons (Fsp3) is 0.273. The molecule has 0 saturated carbocycles. The smallest absolute Gasteiger partial charge is 0.126 e. The Morgan fingerprint density at radius 3 is 1.79 bits per heavy atom. The van der Waals surface area contributed by atoms with Gasteiger partial charge in [0.2, 0.25) is 0 Å². The Bertz CT molecular complexity index is 2040. The van der Waals surface area contributed by atoms with Crippen molar-refractivity contribution in [3.8, 4) is 32.8 Å². The summed E-state index contributed by atoms with van der Waals surface area (Å²) in [4.78, 5) is 10.3. The van der Waals surface area contributed by atoms with Crippen molar-refractivity contribution in [3.05, 3.63) is 131 Å². The zero-order valence-corrected chi connectivity index (χ0v) is 30.1. The number of rotatable bonds is 5. The summed E-state index contributed by atoms with van der Waals surface area (Å²) in [6.07, 6.45) is 2.01. The predicted octanol–water partition coefficient (Wildman–Crippen LogP) is 12.9. The SMILES string of the molecule is CC(C)(C)c1cccc(-c2ccc(-c3cccc4sc(-c5ccccc5N=Cc5cc(C(C)(C)C)cc(C(C)(C)C)c5)nc34)cc2)c1. The van der Waals surface area contributed by atoms with Gasteiger partial charge in [-0.2, -0.15) is 0 Å². The number of aromatic nitrogens is 1. The highest BCUT2D eigenvalue weighted by Crippen LogP contribution is 2.40. The molecule has 2 nitrogen and oxygen atoms in total. The molecule has 1 aromatic heterocycles. The van der Waals surface area contributed by atoms with Crippen LogP contribution in [0.5, 0.6) is 0 Å². The zero-order chi connectivity index (χ0) is 33.6. The molecule has 0 N–H and O–H groups in total. The predicted molar refractivity (Wildman–Crippen MR) is 206 cm³/mol. The molecule has 0 aliphatic rings. The summed E-state index contributed by atoms with van der Waals surface area (Å²) >= 11 is 1.73. The van der Waals surface area contributed by atoms with Gasteiger partial charge in [-0.3, -0.25) is 4.99 Å². The minimum Gasteiger partial charge on any atom is -0.256 e. The Labute approximate surface area is 285 Å². The van der Waals surface area contributed by atoms with Crippen LogP contribution in [0.4, 0.5) is 5.69 Å². The second-order valence-corrected chi connectivity index (χ2v) is 16.7. The third kappa shape index (κ3) is 7.16. The molecule has 0 spiro atoms. The van der Waals surface area contributed by atoms with E-state index in [0.29, 0.717) is 0 Å². The monoisotopic (exact) mass is 634 g/mol. The molecule has 47 heavy (non-hydrogen) atoms. The molecular formula is C44H46N2S. The number of aliphatic imine (C=N–C) groups is 1. The van der Waals surface area contributed by atoms with E-state index in [1.807, 2.05) is 6.21 Å². The Kier molecular flexibility index (Phi) is 8.57. The molecular weight excluding hydrogens is 589 g/mol. The second kappa shape index (κ2) is 12.4.